The van der Waals surface area contributed by atoms with Crippen LogP contribution >= 0.6 is 0 Å². The molecule has 0 heterocycles. The predicted octanol–water partition coefficient (Wildman–Crippen LogP) is 2.24. The number of nitrogens with one attached hydrogen (secondary N) is 2. The summed E-state index contributed by atoms with van der Waals surface area (Å²) < 4.78 is 0. The second-order valence-corrected chi connectivity index (χ2v) is 6.65. The van der Waals surface area contributed by atoms with Crippen LogP contribution in [0, 0.1) is 11.8 Å². The summed E-state index contributed by atoms with van der Waals surface area (Å²) >= 11 is 0. The SMILES string of the molecule is CCNC(=NCCC1CCCC(C)C1)NCCC(=O)N(C)C. The molecule has 1 amide bonds. The molecule has 1 fully saturated rings. The third-order valence-electron chi connectivity index (χ3n) is 4.33. The van der Waals surface area contributed by atoms with Gasteiger partial charge in [-0.2, -0.15) is 0 Å². The first-order valence-electron chi connectivity index (χ1n) is 8.75. The van der Waals surface area contributed by atoms with Gasteiger partial charge in [0.2, 0.25) is 5.91 Å². The fourth-order valence-electron chi connectivity index (χ4n) is 3.03. The fourth-order valence-corrected chi connectivity index (χ4v) is 3.03. The number of nitrogens with zero attached hydrogens (tertiary/aromatic N) is 2. The maximum atomic E-state index is 11.6. The van der Waals surface area contributed by atoms with E-state index in [1.165, 1.54) is 32.1 Å². The number of rotatable bonds is 7. The van der Waals surface area contributed by atoms with Crippen LogP contribution in [0.15, 0.2) is 4.99 Å². The van der Waals surface area contributed by atoms with Crippen molar-refractivity contribution in [3.63, 3.8) is 0 Å². The van der Waals surface area contributed by atoms with Crippen molar-refractivity contribution >= 4 is 11.9 Å². The van der Waals surface area contributed by atoms with Gasteiger partial charge in [0.05, 0.1) is 0 Å². The summed E-state index contributed by atoms with van der Waals surface area (Å²) in [5, 5.41) is 6.49. The Hall–Kier alpha value is -1.26. The second-order valence-electron chi connectivity index (χ2n) is 6.65. The number of carbonyl (C=O) groups excluding carboxylic acids is 1. The van der Waals surface area contributed by atoms with Gasteiger partial charge in [-0.05, 0) is 31.6 Å². The van der Waals surface area contributed by atoms with Crippen molar-refractivity contribution in [3.8, 4) is 0 Å². The van der Waals surface area contributed by atoms with Crippen molar-refractivity contribution in [1.82, 2.24) is 15.5 Å². The summed E-state index contributed by atoms with van der Waals surface area (Å²) in [6.45, 7) is 6.76. The number of hydrogen-bond donors (Lipinski definition) is 2. The van der Waals surface area contributed by atoms with Crippen molar-refractivity contribution in [3.05, 3.63) is 0 Å². The largest absolute Gasteiger partial charge is 0.357 e. The van der Waals surface area contributed by atoms with E-state index in [0.29, 0.717) is 13.0 Å². The van der Waals surface area contributed by atoms with E-state index < -0.39 is 0 Å². The van der Waals surface area contributed by atoms with Gasteiger partial charge in [-0.3, -0.25) is 9.79 Å². The van der Waals surface area contributed by atoms with Crippen LogP contribution in [-0.4, -0.2) is 50.5 Å². The highest BCUT2D eigenvalue weighted by atomic mass is 16.2. The zero-order valence-corrected chi connectivity index (χ0v) is 14.8. The highest BCUT2D eigenvalue weighted by Crippen LogP contribution is 2.30. The summed E-state index contributed by atoms with van der Waals surface area (Å²) in [5.74, 6) is 2.69. The Morgan fingerprint density at radius 1 is 1.27 bits per heavy atom. The number of carbonyl (C=O) groups is 1. The average molecular weight is 310 g/mol. The summed E-state index contributed by atoms with van der Waals surface area (Å²) in [6, 6.07) is 0. The van der Waals surface area contributed by atoms with E-state index in [1.807, 2.05) is 0 Å². The van der Waals surface area contributed by atoms with Gasteiger partial charge in [0.1, 0.15) is 0 Å². The maximum Gasteiger partial charge on any atom is 0.223 e. The summed E-state index contributed by atoms with van der Waals surface area (Å²) in [4.78, 5) is 17.8. The quantitative estimate of drug-likeness (QED) is 0.560. The molecule has 2 unspecified atom stereocenters. The van der Waals surface area contributed by atoms with Gasteiger partial charge in [0, 0.05) is 40.2 Å². The van der Waals surface area contributed by atoms with Gasteiger partial charge in [-0.15, -0.1) is 0 Å². The minimum atomic E-state index is 0.138. The smallest absolute Gasteiger partial charge is 0.223 e. The molecular weight excluding hydrogens is 276 g/mol. The van der Waals surface area contributed by atoms with Crippen LogP contribution in [-0.2, 0) is 4.79 Å². The van der Waals surface area contributed by atoms with E-state index in [1.54, 1.807) is 19.0 Å². The molecule has 1 aliphatic rings. The Morgan fingerprint density at radius 3 is 2.68 bits per heavy atom. The van der Waals surface area contributed by atoms with Gasteiger partial charge in [-0.1, -0.05) is 26.2 Å². The number of guanidine groups is 1. The summed E-state index contributed by atoms with van der Waals surface area (Å²) in [6.07, 6.45) is 7.16. The van der Waals surface area contributed by atoms with Crippen LogP contribution in [0.3, 0.4) is 0 Å². The van der Waals surface area contributed by atoms with Crippen LogP contribution in [0.4, 0.5) is 0 Å². The molecule has 1 rings (SSSR count). The zero-order valence-electron chi connectivity index (χ0n) is 14.8. The molecule has 0 aromatic carbocycles. The molecule has 0 aromatic heterocycles. The zero-order chi connectivity index (χ0) is 16.4. The van der Waals surface area contributed by atoms with E-state index in [0.717, 1.165) is 30.9 Å². The highest BCUT2D eigenvalue weighted by Gasteiger charge is 2.18. The van der Waals surface area contributed by atoms with Crippen LogP contribution < -0.4 is 10.6 Å². The van der Waals surface area contributed by atoms with Crippen LogP contribution in [0.2, 0.25) is 0 Å². The molecular formula is C17H34N4O. The lowest BCUT2D eigenvalue weighted by atomic mass is 9.81. The first-order valence-corrected chi connectivity index (χ1v) is 8.75. The van der Waals surface area contributed by atoms with Gasteiger partial charge in [0.25, 0.3) is 0 Å². The monoisotopic (exact) mass is 310 g/mol. The Kier molecular flexibility index (Phi) is 8.94. The van der Waals surface area contributed by atoms with Crippen molar-refractivity contribution < 1.29 is 4.79 Å². The number of amides is 1. The lowest BCUT2D eigenvalue weighted by molar-refractivity contribution is -0.128. The molecule has 0 bridgehead atoms. The molecule has 0 aromatic rings. The highest BCUT2D eigenvalue weighted by molar-refractivity contribution is 5.81. The number of hydrogen-bond acceptors (Lipinski definition) is 2. The molecule has 2 N–H and O–H groups in total. The van der Waals surface area contributed by atoms with E-state index in [9.17, 15) is 4.79 Å². The standard InChI is InChI=1S/C17H34N4O/c1-5-18-17(20-12-10-16(22)21(3)4)19-11-9-15-8-6-7-14(2)13-15/h14-15H,5-13H2,1-4H3,(H2,18,19,20). The molecule has 2 atom stereocenters. The third kappa shape index (κ3) is 7.66. The normalized spacial score (nSPS) is 22.3. The lowest BCUT2D eigenvalue weighted by Crippen LogP contribution is -2.39. The Morgan fingerprint density at radius 2 is 2.05 bits per heavy atom. The van der Waals surface area contributed by atoms with Crippen molar-refractivity contribution in [2.24, 2.45) is 16.8 Å². The first kappa shape index (κ1) is 18.8. The minimum Gasteiger partial charge on any atom is -0.357 e. The summed E-state index contributed by atoms with van der Waals surface area (Å²) in [7, 11) is 3.57. The maximum absolute atomic E-state index is 11.6. The van der Waals surface area contributed by atoms with E-state index in [-0.39, 0.29) is 5.91 Å². The predicted molar refractivity (Wildman–Crippen MR) is 93.0 cm³/mol. The van der Waals surface area contributed by atoms with E-state index in [4.69, 9.17) is 0 Å². The van der Waals surface area contributed by atoms with Crippen LogP contribution in [0.5, 0.6) is 0 Å². The molecule has 22 heavy (non-hydrogen) atoms. The Bertz CT molecular complexity index is 355. The van der Waals surface area contributed by atoms with Crippen molar-refractivity contribution in [1.29, 1.82) is 0 Å². The minimum absolute atomic E-state index is 0.138. The van der Waals surface area contributed by atoms with Crippen LogP contribution in [0.1, 0.15) is 52.4 Å². The van der Waals surface area contributed by atoms with Gasteiger partial charge < -0.3 is 15.5 Å². The molecule has 0 radical (unpaired) electrons. The molecule has 128 valence electrons. The van der Waals surface area contributed by atoms with Crippen LogP contribution in [0.25, 0.3) is 0 Å². The molecule has 1 aliphatic carbocycles. The van der Waals surface area contributed by atoms with E-state index in [2.05, 4.69) is 29.5 Å². The van der Waals surface area contributed by atoms with Crippen molar-refractivity contribution in [2.45, 2.75) is 52.4 Å². The first-order chi connectivity index (χ1) is 10.5. The van der Waals surface area contributed by atoms with Gasteiger partial charge in [0.15, 0.2) is 5.96 Å². The molecule has 1 saturated carbocycles. The molecule has 0 saturated heterocycles. The molecule has 5 nitrogen and oxygen atoms in total. The third-order valence-corrected chi connectivity index (χ3v) is 4.33. The second kappa shape index (κ2) is 10.5. The molecule has 0 aliphatic heterocycles. The average Bonchev–Trinajstić information content (AvgIpc) is 2.47. The van der Waals surface area contributed by atoms with Crippen molar-refractivity contribution in [2.75, 3.05) is 33.7 Å². The molecule has 5 heteroatoms. The lowest BCUT2D eigenvalue weighted by Gasteiger charge is -2.26. The Labute approximate surface area is 135 Å². The topological polar surface area (TPSA) is 56.7 Å². The molecule has 0 spiro atoms. The summed E-state index contributed by atoms with van der Waals surface area (Å²) in [5.41, 5.74) is 0. The van der Waals surface area contributed by atoms with E-state index >= 15 is 0 Å². The van der Waals surface area contributed by atoms with Gasteiger partial charge in [-0.25, -0.2) is 0 Å². The number of aliphatic imine (C=N–C) groups is 1. The fraction of sp³-hybridized carbons (Fsp3) is 0.882. The van der Waals surface area contributed by atoms with Gasteiger partial charge >= 0.3 is 0 Å². The Balaban J connectivity index is 2.30.